The van der Waals surface area contributed by atoms with Crippen molar-refractivity contribution in [2.45, 2.75) is 24.7 Å². The Balaban J connectivity index is 1.58. The number of alkyl halides is 2. The molecule has 1 aliphatic rings. The molecule has 0 atom stereocenters. The summed E-state index contributed by atoms with van der Waals surface area (Å²) in [5.41, 5.74) is 0.939. The third-order valence-electron chi connectivity index (χ3n) is 4.24. The van der Waals surface area contributed by atoms with Crippen molar-refractivity contribution in [2.75, 3.05) is 19.6 Å². The Labute approximate surface area is 127 Å². The normalized spacial score (nSPS) is 17.8. The van der Waals surface area contributed by atoms with Gasteiger partial charge in [-0.3, -0.25) is 4.90 Å². The Hall–Kier alpha value is -1.82. The van der Waals surface area contributed by atoms with E-state index in [-0.39, 0.29) is 12.1 Å². The lowest BCUT2D eigenvalue weighted by atomic mass is 9.93. The Bertz CT molecular complexity index is 588. The molecule has 0 spiro atoms. The molecule has 1 fully saturated rings. The van der Waals surface area contributed by atoms with Gasteiger partial charge in [0.25, 0.3) is 5.92 Å². The van der Waals surface area contributed by atoms with E-state index in [1.165, 1.54) is 0 Å². The Morgan fingerprint density at radius 2 is 1.86 bits per heavy atom. The van der Waals surface area contributed by atoms with Crippen molar-refractivity contribution in [3.8, 4) is 0 Å². The average Bonchev–Trinajstić information content (AvgIpc) is 3.02. The maximum atomic E-state index is 14.3. The number of nitrogens with zero attached hydrogens (tertiary/aromatic N) is 2. The van der Waals surface area contributed by atoms with Crippen LogP contribution >= 0.6 is 0 Å². The molecule has 1 N–H and O–H groups in total. The summed E-state index contributed by atoms with van der Waals surface area (Å²) in [5.74, 6) is -3.10. The Morgan fingerprint density at radius 3 is 2.45 bits per heavy atom. The summed E-state index contributed by atoms with van der Waals surface area (Å²) in [6, 6.07) is 4.47. The first-order chi connectivity index (χ1) is 10.5. The summed E-state index contributed by atoms with van der Waals surface area (Å²) in [5, 5.41) is 0. The number of hydrogen-bond acceptors (Lipinski definition) is 2. The fraction of sp³-hybridized carbons (Fsp3) is 0.438. The fourth-order valence-corrected chi connectivity index (χ4v) is 2.96. The van der Waals surface area contributed by atoms with E-state index in [0.29, 0.717) is 19.0 Å². The van der Waals surface area contributed by atoms with Gasteiger partial charge in [0.05, 0.1) is 12.9 Å². The molecule has 0 unspecified atom stereocenters. The smallest absolute Gasteiger partial charge is 0.285 e. The molecule has 1 saturated heterocycles. The second kappa shape index (κ2) is 6.12. The molecule has 0 bridgehead atoms. The number of likely N-dealkylation sites (tertiary alicyclic amines) is 1. The minimum absolute atomic E-state index is 0.135. The van der Waals surface area contributed by atoms with Crippen LogP contribution in [0, 0.1) is 5.82 Å². The van der Waals surface area contributed by atoms with Gasteiger partial charge in [-0.25, -0.2) is 9.37 Å². The lowest BCUT2D eigenvalue weighted by Crippen LogP contribution is -2.40. The van der Waals surface area contributed by atoms with Gasteiger partial charge in [-0.15, -0.1) is 0 Å². The van der Waals surface area contributed by atoms with Gasteiger partial charge in [0.15, 0.2) is 0 Å². The van der Waals surface area contributed by atoms with Gasteiger partial charge in [-0.1, -0.05) is 12.1 Å². The number of aromatic nitrogens is 2. The zero-order valence-corrected chi connectivity index (χ0v) is 12.1. The number of H-pyrrole nitrogens is 1. The number of nitrogens with one attached hydrogen (secondary N) is 1. The molecule has 0 radical (unpaired) electrons. The highest BCUT2D eigenvalue weighted by Gasteiger charge is 2.35. The maximum Gasteiger partial charge on any atom is 0.285 e. The average molecular weight is 309 g/mol. The van der Waals surface area contributed by atoms with E-state index in [1.54, 1.807) is 17.4 Å². The van der Waals surface area contributed by atoms with Crippen molar-refractivity contribution >= 4 is 0 Å². The largest absolute Gasteiger partial charge is 0.348 e. The van der Waals surface area contributed by atoms with Crippen molar-refractivity contribution in [1.82, 2.24) is 14.9 Å². The summed E-state index contributed by atoms with van der Waals surface area (Å²) in [7, 11) is 0. The summed E-state index contributed by atoms with van der Waals surface area (Å²) < 4.78 is 41.4. The van der Waals surface area contributed by atoms with Crippen LogP contribution < -0.4 is 0 Å². The number of halogens is 3. The highest BCUT2D eigenvalue weighted by atomic mass is 19.3. The summed E-state index contributed by atoms with van der Waals surface area (Å²) in [6.07, 6.45) is 5.11. The molecule has 3 nitrogen and oxygen atoms in total. The topological polar surface area (TPSA) is 31.9 Å². The van der Waals surface area contributed by atoms with E-state index >= 15 is 0 Å². The first kappa shape index (κ1) is 15.1. The van der Waals surface area contributed by atoms with Crippen LogP contribution in [0.2, 0.25) is 0 Å². The van der Waals surface area contributed by atoms with Crippen molar-refractivity contribution in [3.63, 3.8) is 0 Å². The third kappa shape index (κ3) is 3.32. The standard InChI is InChI=1S/C16H18F3N3/c17-14-3-1-13(2-4-14)16(18,19)10-22-7-5-12(6-8-22)15-9-20-11-21-15/h1-4,9,11-12H,5-8,10H2,(H,20,21). The highest BCUT2D eigenvalue weighted by Crippen LogP contribution is 2.32. The summed E-state index contributed by atoms with van der Waals surface area (Å²) in [4.78, 5) is 8.86. The predicted molar refractivity (Wildman–Crippen MR) is 77.3 cm³/mol. The molecule has 2 aromatic rings. The molecule has 2 heterocycles. The van der Waals surface area contributed by atoms with Gasteiger partial charge in [0, 0.05) is 23.4 Å². The maximum absolute atomic E-state index is 14.3. The molecule has 118 valence electrons. The number of imidazole rings is 1. The minimum atomic E-state index is -2.96. The lowest BCUT2D eigenvalue weighted by molar-refractivity contribution is -0.0427. The Morgan fingerprint density at radius 1 is 1.18 bits per heavy atom. The van der Waals surface area contributed by atoms with Crippen LogP contribution in [0.5, 0.6) is 0 Å². The minimum Gasteiger partial charge on any atom is -0.348 e. The molecule has 0 amide bonds. The molecular formula is C16H18F3N3. The van der Waals surface area contributed by atoms with Crippen LogP contribution in [-0.4, -0.2) is 34.5 Å². The number of piperidine rings is 1. The van der Waals surface area contributed by atoms with E-state index < -0.39 is 11.7 Å². The summed E-state index contributed by atoms with van der Waals surface area (Å²) >= 11 is 0. The molecule has 6 heteroatoms. The van der Waals surface area contributed by atoms with Gasteiger partial charge in [0.1, 0.15) is 5.82 Å². The van der Waals surface area contributed by atoms with Gasteiger partial charge in [-0.05, 0) is 38.1 Å². The predicted octanol–water partition coefficient (Wildman–Crippen LogP) is 3.52. The van der Waals surface area contributed by atoms with Gasteiger partial charge < -0.3 is 4.98 Å². The molecule has 1 aromatic heterocycles. The van der Waals surface area contributed by atoms with Crippen LogP contribution in [0.4, 0.5) is 13.2 Å². The molecule has 0 saturated carbocycles. The van der Waals surface area contributed by atoms with Crippen molar-refractivity contribution in [1.29, 1.82) is 0 Å². The second-order valence-electron chi connectivity index (χ2n) is 5.77. The number of rotatable bonds is 4. The van der Waals surface area contributed by atoms with Crippen molar-refractivity contribution in [3.05, 3.63) is 53.9 Å². The number of benzene rings is 1. The second-order valence-corrected chi connectivity index (χ2v) is 5.77. The SMILES string of the molecule is Fc1ccc(C(F)(F)CN2CCC(c3cnc[nH]3)CC2)cc1. The zero-order chi connectivity index (χ0) is 15.6. The first-order valence-corrected chi connectivity index (χ1v) is 7.39. The van der Waals surface area contributed by atoms with Gasteiger partial charge in [-0.2, -0.15) is 8.78 Å². The zero-order valence-electron chi connectivity index (χ0n) is 12.1. The van der Waals surface area contributed by atoms with E-state index in [2.05, 4.69) is 9.97 Å². The number of aromatic amines is 1. The van der Waals surface area contributed by atoms with E-state index in [4.69, 9.17) is 0 Å². The molecule has 1 aromatic carbocycles. The third-order valence-corrected chi connectivity index (χ3v) is 4.24. The van der Waals surface area contributed by atoms with Gasteiger partial charge >= 0.3 is 0 Å². The van der Waals surface area contributed by atoms with Crippen LogP contribution in [0.1, 0.15) is 30.0 Å². The summed E-state index contributed by atoms with van der Waals surface area (Å²) in [6.45, 7) is 0.926. The molecule has 3 rings (SSSR count). The Kier molecular flexibility index (Phi) is 4.20. The first-order valence-electron chi connectivity index (χ1n) is 7.39. The van der Waals surface area contributed by atoms with Crippen LogP contribution in [-0.2, 0) is 5.92 Å². The molecular weight excluding hydrogens is 291 g/mol. The van der Waals surface area contributed by atoms with Crippen molar-refractivity contribution < 1.29 is 13.2 Å². The molecule has 1 aliphatic heterocycles. The highest BCUT2D eigenvalue weighted by molar-refractivity contribution is 5.21. The lowest BCUT2D eigenvalue weighted by Gasteiger charge is -2.33. The molecule has 0 aliphatic carbocycles. The van der Waals surface area contributed by atoms with E-state index in [0.717, 1.165) is 42.8 Å². The quantitative estimate of drug-likeness (QED) is 0.937. The van der Waals surface area contributed by atoms with E-state index in [1.807, 2.05) is 0 Å². The van der Waals surface area contributed by atoms with Crippen LogP contribution in [0.15, 0.2) is 36.8 Å². The molecule has 22 heavy (non-hydrogen) atoms. The van der Waals surface area contributed by atoms with Crippen LogP contribution in [0.25, 0.3) is 0 Å². The number of hydrogen-bond donors (Lipinski definition) is 1. The monoisotopic (exact) mass is 309 g/mol. The van der Waals surface area contributed by atoms with Crippen LogP contribution in [0.3, 0.4) is 0 Å². The van der Waals surface area contributed by atoms with Crippen molar-refractivity contribution in [2.24, 2.45) is 0 Å². The van der Waals surface area contributed by atoms with E-state index in [9.17, 15) is 13.2 Å². The van der Waals surface area contributed by atoms with Gasteiger partial charge in [0.2, 0.25) is 0 Å². The fourth-order valence-electron chi connectivity index (χ4n) is 2.96.